The van der Waals surface area contributed by atoms with Crippen LogP contribution in [0, 0.1) is 5.41 Å². The molecule has 1 aromatic carbocycles. The van der Waals surface area contributed by atoms with Crippen LogP contribution < -0.4 is 10.5 Å². The first-order chi connectivity index (χ1) is 13.4. The number of carboxylic acids is 1. The van der Waals surface area contributed by atoms with Crippen LogP contribution in [-0.2, 0) is 16.0 Å². The van der Waals surface area contributed by atoms with Crippen molar-refractivity contribution in [2.45, 2.75) is 18.9 Å². The van der Waals surface area contributed by atoms with Crippen molar-refractivity contribution in [2.75, 3.05) is 32.8 Å². The molecule has 0 aromatic heterocycles. The van der Waals surface area contributed by atoms with Gasteiger partial charge in [0.2, 0.25) is 0 Å². The van der Waals surface area contributed by atoms with E-state index in [1.54, 1.807) is 34.1 Å². The molecule has 1 atom stereocenters. The van der Waals surface area contributed by atoms with Crippen LogP contribution in [0.2, 0.25) is 0 Å². The molecule has 150 valence electrons. The molecular formula is C19H24N4O5. The lowest BCUT2D eigenvalue weighted by Crippen LogP contribution is -2.35. The minimum atomic E-state index is -0.881. The second-order valence-corrected chi connectivity index (χ2v) is 6.86. The zero-order valence-corrected chi connectivity index (χ0v) is 15.5. The third-order valence-corrected chi connectivity index (χ3v) is 4.70. The van der Waals surface area contributed by atoms with E-state index in [4.69, 9.17) is 25.7 Å². The number of rotatable bonds is 8. The van der Waals surface area contributed by atoms with E-state index in [-0.39, 0.29) is 31.2 Å². The average Bonchev–Trinajstić information content (AvgIpc) is 3.25. The van der Waals surface area contributed by atoms with Crippen molar-refractivity contribution in [3.8, 4) is 5.75 Å². The molecule has 1 fully saturated rings. The van der Waals surface area contributed by atoms with Crippen LogP contribution in [-0.4, -0.2) is 71.8 Å². The molecule has 0 saturated carbocycles. The van der Waals surface area contributed by atoms with Crippen LogP contribution in [0.5, 0.6) is 5.75 Å². The molecule has 1 aromatic rings. The topological polar surface area (TPSA) is 129 Å². The van der Waals surface area contributed by atoms with Gasteiger partial charge >= 0.3 is 12.1 Å². The van der Waals surface area contributed by atoms with Gasteiger partial charge in [-0.1, -0.05) is 23.8 Å². The first-order valence-electron chi connectivity index (χ1n) is 9.06. The zero-order valence-electron chi connectivity index (χ0n) is 15.5. The van der Waals surface area contributed by atoms with E-state index in [0.717, 1.165) is 12.0 Å². The first kappa shape index (κ1) is 19.5. The summed E-state index contributed by atoms with van der Waals surface area (Å²) in [6, 6.07) is 6.83. The Balaban J connectivity index is 1.41. The third kappa shape index (κ3) is 5.15. The summed E-state index contributed by atoms with van der Waals surface area (Å²) in [7, 11) is 0. The van der Waals surface area contributed by atoms with Gasteiger partial charge in [0.15, 0.2) is 12.1 Å². The number of cyclic esters (lactones) is 1. The molecule has 1 saturated heterocycles. The van der Waals surface area contributed by atoms with Crippen LogP contribution in [0.4, 0.5) is 4.79 Å². The number of carbonyl (C=O) groups excluding carboxylic acids is 1. The lowest BCUT2D eigenvalue weighted by atomic mass is 10.1. The second-order valence-electron chi connectivity index (χ2n) is 6.86. The van der Waals surface area contributed by atoms with Crippen molar-refractivity contribution in [1.82, 2.24) is 9.80 Å². The van der Waals surface area contributed by atoms with Crippen LogP contribution in [0.15, 0.2) is 35.9 Å². The fourth-order valence-corrected chi connectivity index (χ4v) is 3.17. The monoisotopic (exact) mass is 388 g/mol. The number of nitrogens with two attached hydrogens (primary N) is 1. The van der Waals surface area contributed by atoms with Gasteiger partial charge in [-0.2, -0.15) is 0 Å². The van der Waals surface area contributed by atoms with Gasteiger partial charge in [0.05, 0.1) is 13.0 Å². The molecule has 9 nitrogen and oxygen atoms in total. The number of nitrogens with one attached hydrogen (secondary N) is 1. The summed E-state index contributed by atoms with van der Waals surface area (Å²) in [4.78, 5) is 26.1. The van der Waals surface area contributed by atoms with E-state index in [2.05, 4.69) is 0 Å². The van der Waals surface area contributed by atoms with Crippen molar-refractivity contribution in [1.29, 1.82) is 5.41 Å². The minimum absolute atomic E-state index is 0.0317. The van der Waals surface area contributed by atoms with Crippen molar-refractivity contribution < 1.29 is 24.2 Å². The highest BCUT2D eigenvalue weighted by molar-refractivity contribution is 5.75. The van der Waals surface area contributed by atoms with E-state index in [9.17, 15) is 9.59 Å². The Bertz CT molecular complexity index is 777. The summed E-state index contributed by atoms with van der Waals surface area (Å²) in [5.41, 5.74) is 7.33. The van der Waals surface area contributed by atoms with Crippen molar-refractivity contribution >= 4 is 18.0 Å². The predicted octanol–water partition coefficient (Wildman–Crippen LogP) is 1.04. The molecule has 0 bridgehead atoms. The van der Waals surface area contributed by atoms with Gasteiger partial charge in [-0.15, -0.1) is 0 Å². The summed E-state index contributed by atoms with van der Waals surface area (Å²) in [6.45, 7) is 2.51. The molecule has 2 aliphatic rings. The maximum atomic E-state index is 12.0. The molecule has 1 amide bonds. The maximum absolute atomic E-state index is 12.0. The fourth-order valence-electron chi connectivity index (χ4n) is 3.17. The Kier molecular flexibility index (Phi) is 6.03. The maximum Gasteiger partial charge on any atom is 0.410 e. The summed E-state index contributed by atoms with van der Waals surface area (Å²) in [6.07, 6.45) is 2.02. The van der Waals surface area contributed by atoms with Gasteiger partial charge in [0.1, 0.15) is 12.4 Å². The second kappa shape index (κ2) is 8.64. The van der Waals surface area contributed by atoms with Crippen molar-refractivity contribution in [3.05, 3.63) is 41.5 Å². The van der Waals surface area contributed by atoms with Crippen LogP contribution in [0.1, 0.15) is 12.0 Å². The fraction of sp³-hybridized carbons (Fsp3) is 0.421. The van der Waals surface area contributed by atoms with Gasteiger partial charge in [-0.05, 0) is 24.1 Å². The molecule has 3 rings (SSSR count). The average molecular weight is 388 g/mol. The molecule has 0 aliphatic carbocycles. The first-order valence-corrected chi connectivity index (χ1v) is 9.06. The normalized spacial score (nSPS) is 18.8. The Morgan fingerprint density at radius 2 is 2.11 bits per heavy atom. The quantitative estimate of drug-likeness (QED) is 0.345. The number of amides is 1. The van der Waals surface area contributed by atoms with Crippen LogP contribution >= 0.6 is 0 Å². The van der Waals surface area contributed by atoms with E-state index in [1.165, 1.54) is 0 Å². The molecule has 28 heavy (non-hydrogen) atoms. The summed E-state index contributed by atoms with van der Waals surface area (Å²) in [5, 5.41) is 16.2. The van der Waals surface area contributed by atoms with Crippen molar-refractivity contribution in [2.24, 2.45) is 5.73 Å². The Morgan fingerprint density at radius 3 is 2.75 bits per heavy atom. The standard InChI is InChI=1S/C19H24N4O5/c20-18(21)22-7-5-14(10-22)6-8-23-11-16(28-19(23)26)12-27-15-3-1-13(2-4-15)9-17(24)25/h1-5,16H,6-12H2,(H3,20,21)(H,24,25). The van der Waals surface area contributed by atoms with E-state index in [1.807, 2.05) is 6.08 Å². The molecule has 4 N–H and O–H groups in total. The molecule has 0 spiro atoms. The molecule has 2 heterocycles. The molecule has 9 heteroatoms. The lowest BCUT2D eigenvalue weighted by molar-refractivity contribution is -0.136. The number of guanidine groups is 1. The van der Waals surface area contributed by atoms with E-state index >= 15 is 0 Å². The van der Waals surface area contributed by atoms with E-state index < -0.39 is 5.97 Å². The number of carbonyl (C=O) groups is 2. The highest BCUT2D eigenvalue weighted by Crippen LogP contribution is 2.18. The summed E-state index contributed by atoms with van der Waals surface area (Å²) in [5.74, 6) is -0.224. The van der Waals surface area contributed by atoms with Gasteiger partial charge in [0.25, 0.3) is 0 Å². The Labute approximate surface area is 162 Å². The van der Waals surface area contributed by atoms with E-state index in [0.29, 0.717) is 37.5 Å². The Morgan fingerprint density at radius 1 is 1.36 bits per heavy atom. The number of hydrogen-bond acceptors (Lipinski definition) is 5. The highest BCUT2D eigenvalue weighted by atomic mass is 16.6. The van der Waals surface area contributed by atoms with Gasteiger partial charge < -0.3 is 30.1 Å². The summed E-state index contributed by atoms with van der Waals surface area (Å²) < 4.78 is 11.0. The van der Waals surface area contributed by atoms with Crippen molar-refractivity contribution in [3.63, 3.8) is 0 Å². The number of carboxylic acid groups (broad SMARTS) is 1. The third-order valence-electron chi connectivity index (χ3n) is 4.70. The number of nitrogens with zero attached hydrogens (tertiary/aromatic N) is 2. The SMILES string of the molecule is N=C(N)N1CC=C(CCN2CC(COc3ccc(CC(=O)O)cc3)OC2=O)C1. The van der Waals surface area contributed by atoms with Crippen LogP contribution in [0.25, 0.3) is 0 Å². The lowest BCUT2D eigenvalue weighted by Gasteiger charge is -2.17. The zero-order chi connectivity index (χ0) is 20.1. The molecule has 1 unspecified atom stereocenters. The number of ether oxygens (including phenoxy) is 2. The molecule has 0 radical (unpaired) electrons. The predicted molar refractivity (Wildman–Crippen MR) is 101 cm³/mol. The van der Waals surface area contributed by atoms with Crippen LogP contribution in [0.3, 0.4) is 0 Å². The summed E-state index contributed by atoms with van der Waals surface area (Å²) >= 11 is 0. The number of hydrogen-bond donors (Lipinski definition) is 3. The minimum Gasteiger partial charge on any atom is -0.490 e. The highest BCUT2D eigenvalue weighted by Gasteiger charge is 2.31. The van der Waals surface area contributed by atoms with Gasteiger partial charge in [-0.3, -0.25) is 10.2 Å². The largest absolute Gasteiger partial charge is 0.490 e. The number of aliphatic carboxylic acids is 1. The molecular weight excluding hydrogens is 364 g/mol. The molecule has 2 aliphatic heterocycles. The smallest absolute Gasteiger partial charge is 0.410 e. The van der Waals surface area contributed by atoms with Gasteiger partial charge in [0, 0.05) is 19.6 Å². The Hall–Kier alpha value is -3.23. The number of benzene rings is 1. The van der Waals surface area contributed by atoms with Gasteiger partial charge in [-0.25, -0.2) is 4.79 Å².